The Morgan fingerprint density at radius 2 is 1.44 bits per heavy atom. The molecule has 1 aliphatic heterocycles. The van der Waals surface area contributed by atoms with Gasteiger partial charge in [0, 0.05) is 17.7 Å². The molecule has 0 N–H and O–H groups in total. The van der Waals surface area contributed by atoms with Crippen LogP contribution in [0.5, 0.6) is 0 Å². The predicted octanol–water partition coefficient (Wildman–Crippen LogP) is 7.45. The zero-order valence-electron chi connectivity index (χ0n) is 17.5. The maximum atomic E-state index is 5.95. The average molecular weight is 436 g/mol. The lowest BCUT2D eigenvalue weighted by Crippen LogP contribution is -2.18. The smallest absolute Gasteiger partial charge is 0.0831 e. The number of halogens is 1. The van der Waals surface area contributed by atoms with Crippen molar-refractivity contribution >= 4 is 34.9 Å². The van der Waals surface area contributed by atoms with Crippen LogP contribution in [0, 0.1) is 0 Å². The molecule has 1 aliphatic rings. The molecule has 3 nitrogen and oxygen atoms in total. The van der Waals surface area contributed by atoms with E-state index in [0.29, 0.717) is 5.02 Å². The van der Waals surface area contributed by atoms with Crippen LogP contribution in [0.15, 0.2) is 119 Å². The van der Waals surface area contributed by atoms with E-state index in [2.05, 4.69) is 88.9 Å². The van der Waals surface area contributed by atoms with Crippen molar-refractivity contribution < 1.29 is 0 Å². The normalized spacial score (nSPS) is 15.8. The monoisotopic (exact) mass is 435 g/mol. The molecule has 0 spiro atoms. The third kappa shape index (κ3) is 4.48. The third-order valence-electron chi connectivity index (χ3n) is 5.55. The van der Waals surface area contributed by atoms with E-state index in [4.69, 9.17) is 16.7 Å². The maximum Gasteiger partial charge on any atom is 0.0831 e. The predicted molar refractivity (Wildman–Crippen MR) is 134 cm³/mol. The summed E-state index contributed by atoms with van der Waals surface area (Å²) in [6.45, 7) is 0. The Balaban J connectivity index is 1.42. The molecule has 32 heavy (non-hydrogen) atoms. The Kier molecular flexibility index (Phi) is 5.82. The van der Waals surface area contributed by atoms with Gasteiger partial charge >= 0.3 is 0 Å². The summed E-state index contributed by atoms with van der Waals surface area (Å²) < 4.78 is 0. The third-order valence-corrected chi connectivity index (χ3v) is 5.80. The van der Waals surface area contributed by atoms with Gasteiger partial charge in [0.25, 0.3) is 0 Å². The Morgan fingerprint density at radius 1 is 0.781 bits per heavy atom. The summed E-state index contributed by atoms with van der Waals surface area (Å²) in [6.07, 6.45) is 2.73. The molecule has 0 unspecified atom stereocenters. The fourth-order valence-electron chi connectivity index (χ4n) is 3.88. The Morgan fingerprint density at radius 3 is 2.12 bits per heavy atom. The van der Waals surface area contributed by atoms with Crippen molar-refractivity contribution in [3.05, 3.63) is 131 Å². The van der Waals surface area contributed by atoms with Gasteiger partial charge in [-0.2, -0.15) is 5.10 Å². The first kappa shape index (κ1) is 20.2. The van der Waals surface area contributed by atoms with Crippen LogP contribution in [0.1, 0.15) is 29.2 Å². The van der Waals surface area contributed by atoms with E-state index in [0.717, 1.165) is 29.1 Å². The van der Waals surface area contributed by atoms with Crippen LogP contribution in [0.2, 0.25) is 5.02 Å². The summed E-state index contributed by atoms with van der Waals surface area (Å²) in [5, 5.41) is 7.87. The van der Waals surface area contributed by atoms with Gasteiger partial charge in [-0.25, -0.2) is 0 Å². The van der Waals surface area contributed by atoms with Crippen LogP contribution in [-0.2, 0) is 0 Å². The van der Waals surface area contributed by atoms with Crippen LogP contribution in [-0.4, -0.2) is 11.9 Å². The standard InChI is InChI=1S/C28H22ClN3/c29-24-13-15-25(16-14-24)30-20-21-11-17-26(18-12-21)32-28(23-9-5-2-6-10-23)19-27(31-32)22-7-3-1-4-8-22/h1-18,20,28H,19H2/t28-/m1/s1. The number of rotatable bonds is 5. The molecular formula is C28H22ClN3. The molecule has 4 aromatic rings. The van der Waals surface area contributed by atoms with Crippen molar-refractivity contribution in [1.82, 2.24) is 0 Å². The van der Waals surface area contributed by atoms with E-state index in [1.54, 1.807) is 0 Å². The molecule has 0 saturated heterocycles. The molecule has 1 atom stereocenters. The van der Waals surface area contributed by atoms with Crippen molar-refractivity contribution in [3.8, 4) is 0 Å². The first-order valence-electron chi connectivity index (χ1n) is 10.6. The Labute approximate surface area is 193 Å². The molecule has 0 aliphatic carbocycles. The number of aliphatic imine (C=N–C) groups is 1. The van der Waals surface area contributed by atoms with Gasteiger partial charge in [0.2, 0.25) is 0 Å². The zero-order chi connectivity index (χ0) is 21.8. The van der Waals surface area contributed by atoms with Gasteiger partial charge < -0.3 is 0 Å². The van der Waals surface area contributed by atoms with E-state index < -0.39 is 0 Å². The first-order valence-corrected chi connectivity index (χ1v) is 11.0. The lowest BCUT2D eigenvalue weighted by molar-refractivity contribution is 0.709. The first-order chi connectivity index (χ1) is 15.8. The largest absolute Gasteiger partial charge is 0.257 e. The van der Waals surface area contributed by atoms with Gasteiger partial charge in [-0.1, -0.05) is 84.4 Å². The molecule has 4 aromatic carbocycles. The number of hydrogen-bond donors (Lipinski definition) is 0. The molecule has 156 valence electrons. The lowest BCUT2D eigenvalue weighted by Gasteiger charge is -2.24. The van der Waals surface area contributed by atoms with Crippen LogP contribution < -0.4 is 5.01 Å². The zero-order valence-corrected chi connectivity index (χ0v) is 18.2. The molecule has 4 heteroatoms. The summed E-state index contributed by atoms with van der Waals surface area (Å²) in [4.78, 5) is 4.53. The van der Waals surface area contributed by atoms with Gasteiger partial charge in [-0.15, -0.1) is 0 Å². The van der Waals surface area contributed by atoms with Gasteiger partial charge in [-0.05, 0) is 53.1 Å². The fraction of sp³-hybridized carbons (Fsp3) is 0.0714. The van der Waals surface area contributed by atoms with Crippen LogP contribution in [0.4, 0.5) is 11.4 Å². The van der Waals surface area contributed by atoms with E-state index in [9.17, 15) is 0 Å². The molecule has 0 fully saturated rings. The van der Waals surface area contributed by atoms with Crippen LogP contribution in [0.25, 0.3) is 0 Å². The van der Waals surface area contributed by atoms with Crippen molar-refractivity contribution in [1.29, 1.82) is 0 Å². The summed E-state index contributed by atoms with van der Waals surface area (Å²) in [5.41, 5.74) is 6.50. The second-order valence-corrected chi connectivity index (χ2v) is 8.15. The quantitative estimate of drug-likeness (QED) is 0.299. The van der Waals surface area contributed by atoms with E-state index in [1.165, 1.54) is 11.1 Å². The molecule has 0 aromatic heterocycles. The second kappa shape index (κ2) is 9.21. The highest BCUT2D eigenvalue weighted by molar-refractivity contribution is 6.30. The topological polar surface area (TPSA) is 28.0 Å². The Hall–Kier alpha value is -3.69. The molecule has 0 saturated carbocycles. The fourth-order valence-corrected chi connectivity index (χ4v) is 4.00. The van der Waals surface area contributed by atoms with E-state index in [1.807, 2.05) is 36.5 Å². The van der Waals surface area contributed by atoms with Crippen molar-refractivity contribution in [3.63, 3.8) is 0 Å². The minimum absolute atomic E-state index is 0.167. The number of hydrogen-bond acceptors (Lipinski definition) is 3. The van der Waals surface area contributed by atoms with Crippen LogP contribution >= 0.6 is 11.6 Å². The number of anilines is 1. The SMILES string of the molecule is Clc1ccc(N=Cc2ccc(N3N=C(c4ccccc4)C[C@@H]3c3ccccc3)cc2)cc1. The molecular weight excluding hydrogens is 414 g/mol. The number of hydrazone groups is 1. The molecule has 5 rings (SSSR count). The van der Waals surface area contributed by atoms with Gasteiger partial charge in [0.15, 0.2) is 0 Å². The highest BCUT2D eigenvalue weighted by Gasteiger charge is 2.29. The van der Waals surface area contributed by atoms with Gasteiger partial charge in [-0.3, -0.25) is 10.0 Å². The van der Waals surface area contributed by atoms with Crippen molar-refractivity contribution in [2.24, 2.45) is 10.1 Å². The minimum Gasteiger partial charge on any atom is -0.257 e. The highest BCUT2D eigenvalue weighted by atomic mass is 35.5. The second-order valence-electron chi connectivity index (χ2n) is 7.71. The summed E-state index contributed by atoms with van der Waals surface area (Å²) in [6, 6.07) is 37.0. The van der Waals surface area contributed by atoms with Gasteiger partial charge in [0.1, 0.15) is 0 Å². The summed E-state index contributed by atoms with van der Waals surface area (Å²) in [5.74, 6) is 0. The maximum absolute atomic E-state index is 5.95. The molecule has 0 radical (unpaired) electrons. The average Bonchev–Trinajstić information content (AvgIpc) is 3.31. The van der Waals surface area contributed by atoms with E-state index >= 15 is 0 Å². The number of nitrogens with zero attached hydrogens (tertiary/aromatic N) is 3. The minimum atomic E-state index is 0.167. The highest BCUT2D eigenvalue weighted by Crippen LogP contribution is 2.36. The van der Waals surface area contributed by atoms with E-state index in [-0.39, 0.29) is 6.04 Å². The number of benzene rings is 4. The molecule has 1 heterocycles. The van der Waals surface area contributed by atoms with Gasteiger partial charge in [0.05, 0.1) is 23.1 Å². The van der Waals surface area contributed by atoms with Crippen LogP contribution in [0.3, 0.4) is 0 Å². The molecule has 0 bridgehead atoms. The lowest BCUT2D eigenvalue weighted by atomic mass is 9.98. The van der Waals surface area contributed by atoms with Crippen molar-refractivity contribution in [2.75, 3.05) is 5.01 Å². The summed E-state index contributed by atoms with van der Waals surface area (Å²) in [7, 11) is 0. The summed E-state index contributed by atoms with van der Waals surface area (Å²) >= 11 is 5.95. The Bertz CT molecular complexity index is 1230. The van der Waals surface area contributed by atoms with Crippen molar-refractivity contribution in [2.45, 2.75) is 12.5 Å². The molecule has 0 amide bonds.